The standard InChI is InChI=1S/C20H20ClN5O2/c21-14-7-5-13(6-8-14)19-25-18(28-26-19)9-11-23-20(22)24-16-10-12-27-17-4-2-1-3-15(16)17/h1-8,16H,9-12H2,(H3,22,23,24). The molecule has 2 heterocycles. The van der Waals surface area contributed by atoms with E-state index in [1.807, 2.05) is 36.4 Å². The van der Waals surface area contributed by atoms with E-state index in [1.165, 1.54) is 0 Å². The van der Waals surface area contributed by atoms with E-state index in [9.17, 15) is 0 Å². The summed E-state index contributed by atoms with van der Waals surface area (Å²) >= 11 is 5.90. The Hall–Kier alpha value is -3.06. The molecular formula is C20H20ClN5O2. The maximum Gasteiger partial charge on any atom is 0.228 e. The molecule has 1 aliphatic heterocycles. The molecule has 4 rings (SSSR count). The molecule has 0 aliphatic carbocycles. The number of benzene rings is 2. The largest absolute Gasteiger partial charge is 0.493 e. The molecule has 3 aromatic rings. The van der Waals surface area contributed by atoms with E-state index in [-0.39, 0.29) is 6.04 Å². The molecule has 8 heteroatoms. The molecule has 3 N–H and O–H groups in total. The van der Waals surface area contributed by atoms with Crippen LogP contribution in [0.5, 0.6) is 5.75 Å². The summed E-state index contributed by atoms with van der Waals surface area (Å²) in [6.07, 6.45) is 1.34. The molecule has 1 aliphatic rings. The molecule has 7 nitrogen and oxygen atoms in total. The maximum absolute atomic E-state index is 6.06. The number of hydrogen-bond acceptors (Lipinski definition) is 5. The highest BCUT2D eigenvalue weighted by atomic mass is 35.5. The second-order valence-corrected chi connectivity index (χ2v) is 6.84. The first-order valence-electron chi connectivity index (χ1n) is 9.06. The van der Waals surface area contributed by atoms with Crippen LogP contribution in [-0.2, 0) is 6.42 Å². The van der Waals surface area contributed by atoms with Gasteiger partial charge in [0.2, 0.25) is 11.7 Å². The molecule has 0 amide bonds. The highest BCUT2D eigenvalue weighted by Gasteiger charge is 2.21. The first kappa shape index (κ1) is 18.3. The Labute approximate surface area is 167 Å². The minimum Gasteiger partial charge on any atom is -0.493 e. The molecule has 1 aromatic heterocycles. The van der Waals surface area contributed by atoms with E-state index < -0.39 is 0 Å². The van der Waals surface area contributed by atoms with Crippen molar-refractivity contribution in [1.29, 1.82) is 0 Å². The number of nitrogens with zero attached hydrogens (tertiary/aromatic N) is 3. The van der Waals surface area contributed by atoms with E-state index >= 15 is 0 Å². The van der Waals surface area contributed by atoms with Crippen molar-refractivity contribution in [3.05, 3.63) is 65.0 Å². The highest BCUT2D eigenvalue weighted by Crippen LogP contribution is 2.31. The van der Waals surface area contributed by atoms with Gasteiger partial charge in [-0.05, 0) is 30.3 Å². The number of nitrogens with two attached hydrogens (primary N) is 1. The van der Waals surface area contributed by atoms with Gasteiger partial charge in [-0.2, -0.15) is 4.98 Å². The molecule has 0 fully saturated rings. The Kier molecular flexibility index (Phi) is 5.43. The van der Waals surface area contributed by atoms with Crippen LogP contribution in [0.3, 0.4) is 0 Å². The number of aromatic nitrogens is 2. The Bertz CT molecular complexity index is 971. The van der Waals surface area contributed by atoms with Gasteiger partial charge >= 0.3 is 0 Å². The van der Waals surface area contributed by atoms with E-state index in [0.29, 0.717) is 42.3 Å². The summed E-state index contributed by atoms with van der Waals surface area (Å²) in [5.41, 5.74) is 8.00. The van der Waals surface area contributed by atoms with Crippen LogP contribution in [0.25, 0.3) is 11.4 Å². The number of aliphatic imine (C=N–C) groups is 1. The highest BCUT2D eigenvalue weighted by molar-refractivity contribution is 6.30. The van der Waals surface area contributed by atoms with Crippen LogP contribution in [0.4, 0.5) is 0 Å². The van der Waals surface area contributed by atoms with Crippen molar-refractivity contribution >= 4 is 17.6 Å². The molecule has 144 valence electrons. The zero-order valence-corrected chi connectivity index (χ0v) is 15.9. The van der Waals surface area contributed by atoms with Crippen molar-refractivity contribution in [2.45, 2.75) is 18.9 Å². The third-order valence-corrected chi connectivity index (χ3v) is 4.71. The summed E-state index contributed by atoms with van der Waals surface area (Å²) in [5, 5.41) is 7.92. The molecule has 0 saturated heterocycles. The fraction of sp³-hybridized carbons (Fsp3) is 0.250. The van der Waals surface area contributed by atoms with Gasteiger partial charge in [-0.25, -0.2) is 0 Å². The fourth-order valence-corrected chi connectivity index (χ4v) is 3.19. The van der Waals surface area contributed by atoms with Gasteiger partial charge in [0.15, 0.2) is 5.96 Å². The summed E-state index contributed by atoms with van der Waals surface area (Å²) < 4.78 is 11.0. The zero-order valence-electron chi connectivity index (χ0n) is 15.1. The Morgan fingerprint density at radius 1 is 1.21 bits per heavy atom. The Balaban J connectivity index is 1.33. The number of rotatable bonds is 5. The summed E-state index contributed by atoms with van der Waals surface area (Å²) in [7, 11) is 0. The minimum absolute atomic E-state index is 0.0913. The number of para-hydroxylation sites is 1. The number of nitrogens with one attached hydrogen (secondary N) is 1. The zero-order chi connectivity index (χ0) is 19.3. The molecule has 1 atom stereocenters. The van der Waals surface area contributed by atoms with Gasteiger partial charge in [0.1, 0.15) is 5.75 Å². The van der Waals surface area contributed by atoms with E-state index in [1.54, 1.807) is 12.1 Å². The minimum atomic E-state index is 0.0913. The first-order chi connectivity index (χ1) is 13.7. The average molecular weight is 398 g/mol. The predicted octanol–water partition coefficient (Wildman–Crippen LogP) is 3.36. The Morgan fingerprint density at radius 2 is 2.04 bits per heavy atom. The Morgan fingerprint density at radius 3 is 2.89 bits per heavy atom. The molecule has 0 spiro atoms. The van der Waals surface area contributed by atoms with Gasteiger partial charge in [0.05, 0.1) is 19.2 Å². The normalized spacial score (nSPS) is 16.3. The van der Waals surface area contributed by atoms with Crippen molar-refractivity contribution in [2.24, 2.45) is 10.7 Å². The van der Waals surface area contributed by atoms with Crippen LogP contribution in [-0.4, -0.2) is 29.3 Å². The van der Waals surface area contributed by atoms with Gasteiger partial charge in [-0.1, -0.05) is 35.0 Å². The van der Waals surface area contributed by atoms with Crippen LogP contribution >= 0.6 is 11.6 Å². The van der Waals surface area contributed by atoms with Gasteiger partial charge < -0.3 is 20.3 Å². The molecule has 28 heavy (non-hydrogen) atoms. The predicted molar refractivity (Wildman–Crippen MR) is 107 cm³/mol. The number of fused-ring (bicyclic) bond motifs is 1. The van der Waals surface area contributed by atoms with Crippen molar-refractivity contribution < 1.29 is 9.26 Å². The van der Waals surface area contributed by atoms with Gasteiger partial charge in [0.25, 0.3) is 0 Å². The molecule has 0 bridgehead atoms. The lowest BCUT2D eigenvalue weighted by Gasteiger charge is -2.26. The number of ether oxygens (including phenoxy) is 1. The van der Waals surface area contributed by atoms with Crippen molar-refractivity contribution in [2.75, 3.05) is 13.2 Å². The van der Waals surface area contributed by atoms with Crippen molar-refractivity contribution in [3.63, 3.8) is 0 Å². The average Bonchev–Trinajstić information content (AvgIpc) is 3.18. The molecule has 0 saturated carbocycles. The molecule has 1 unspecified atom stereocenters. The monoisotopic (exact) mass is 397 g/mol. The van der Waals surface area contributed by atoms with Crippen molar-refractivity contribution in [3.8, 4) is 17.1 Å². The second kappa shape index (κ2) is 8.31. The maximum atomic E-state index is 6.06. The molecular weight excluding hydrogens is 378 g/mol. The fourth-order valence-electron chi connectivity index (χ4n) is 3.06. The summed E-state index contributed by atoms with van der Waals surface area (Å²) in [6, 6.07) is 15.3. The van der Waals surface area contributed by atoms with Crippen LogP contribution in [0.15, 0.2) is 58.0 Å². The van der Waals surface area contributed by atoms with Crippen LogP contribution in [0.1, 0.15) is 23.9 Å². The smallest absolute Gasteiger partial charge is 0.228 e. The van der Waals surface area contributed by atoms with E-state index in [4.69, 9.17) is 26.6 Å². The van der Waals surface area contributed by atoms with Gasteiger partial charge in [-0.15, -0.1) is 0 Å². The van der Waals surface area contributed by atoms with E-state index in [0.717, 1.165) is 23.3 Å². The third-order valence-electron chi connectivity index (χ3n) is 4.46. The quantitative estimate of drug-likeness (QED) is 0.506. The topological polar surface area (TPSA) is 98.6 Å². The third kappa shape index (κ3) is 4.26. The van der Waals surface area contributed by atoms with Gasteiger partial charge in [-0.3, -0.25) is 4.99 Å². The second-order valence-electron chi connectivity index (χ2n) is 6.41. The van der Waals surface area contributed by atoms with Crippen LogP contribution < -0.4 is 15.8 Å². The summed E-state index contributed by atoms with van der Waals surface area (Å²) in [6.45, 7) is 1.10. The first-order valence-corrected chi connectivity index (χ1v) is 9.43. The summed E-state index contributed by atoms with van der Waals surface area (Å²) in [5.74, 6) is 2.32. The summed E-state index contributed by atoms with van der Waals surface area (Å²) in [4.78, 5) is 8.76. The number of hydrogen-bond donors (Lipinski definition) is 2. The van der Waals surface area contributed by atoms with Crippen molar-refractivity contribution in [1.82, 2.24) is 15.5 Å². The molecule has 2 aromatic carbocycles. The lowest BCUT2D eigenvalue weighted by atomic mass is 10.0. The lowest BCUT2D eigenvalue weighted by molar-refractivity contribution is 0.262. The van der Waals surface area contributed by atoms with Gasteiger partial charge in [0, 0.05) is 29.0 Å². The van der Waals surface area contributed by atoms with Crippen LogP contribution in [0.2, 0.25) is 5.02 Å². The lowest BCUT2D eigenvalue weighted by Crippen LogP contribution is -2.37. The van der Waals surface area contributed by atoms with E-state index in [2.05, 4.69) is 20.4 Å². The SMILES string of the molecule is NC(=NCCc1nc(-c2ccc(Cl)cc2)no1)NC1CCOc2ccccc21. The number of guanidine groups is 1. The van der Waals surface area contributed by atoms with Crippen LogP contribution in [0, 0.1) is 0 Å². The number of halogens is 1. The molecule has 0 radical (unpaired) electrons.